The van der Waals surface area contributed by atoms with Gasteiger partial charge in [-0.25, -0.2) is 4.98 Å². The molecule has 0 spiro atoms. The molecule has 0 bridgehead atoms. The van der Waals surface area contributed by atoms with E-state index in [0.29, 0.717) is 12.6 Å². The average Bonchev–Trinajstić information content (AvgIpc) is 3.16. The molecule has 19 heavy (non-hydrogen) atoms. The lowest BCUT2D eigenvalue weighted by atomic mass is 10.1. The molecule has 4 nitrogen and oxygen atoms in total. The van der Waals surface area contributed by atoms with Crippen LogP contribution in [0.5, 0.6) is 5.75 Å². The van der Waals surface area contributed by atoms with Crippen molar-refractivity contribution in [2.45, 2.75) is 38.5 Å². The minimum atomic E-state index is -0.472. The maximum Gasteiger partial charge on any atom is 0.130 e. The second-order valence-electron chi connectivity index (χ2n) is 5.06. The number of nitrogens with zero attached hydrogens (tertiary/aromatic N) is 2. The van der Waals surface area contributed by atoms with E-state index in [0.717, 1.165) is 17.0 Å². The minimum Gasteiger partial charge on any atom is -0.487 e. The van der Waals surface area contributed by atoms with Crippen LogP contribution < -0.4 is 4.74 Å². The summed E-state index contributed by atoms with van der Waals surface area (Å²) in [6, 6.07) is 8.19. The zero-order valence-electron chi connectivity index (χ0n) is 11.0. The summed E-state index contributed by atoms with van der Waals surface area (Å²) in [6.07, 6.45) is 5.74. The summed E-state index contributed by atoms with van der Waals surface area (Å²) >= 11 is 0. The van der Waals surface area contributed by atoms with E-state index in [1.165, 1.54) is 12.8 Å². The zero-order valence-corrected chi connectivity index (χ0v) is 11.0. The molecule has 1 atom stereocenters. The normalized spacial score (nSPS) is 16.3. The third-order valence-electron chi connectivity index (χ3n) is 3.41. The molecule has 1 aromatic heterocycles. The number of benzene rings is 1. The monoisotopic (exact) mass is 258 g/mol. The smallest absolute Gasteiger partial charge is 0.130 e. The molecule has 2 aromatic rings. The number of imidazole rings is 1. The van der Waals surface area contributed by atoms with Gasteiger partial charge in [-0.05, 0) is 37.5 Å². The van der Waals surface area contributed by atoms with Crippen LogP contribution in [0, 0.1) is 0 Å². The average molecular weight is 258 g/mol. The Kier molecular flexibility index (Phi) is 3.25. The van der Waals surface area contributed by atoms with Crippen LogP contribution in [-0.2, 0) is 6.61 Å². The fourth-order valence-electron chi connectivity index (χ4n) is 2.15. The van der Waals surface area contributed by atoms with Crippen molar-refractivity contribution in [1.29, 1.82) is 0 Å². The van der Waals surface area contributed by atoms with Crippen molar-refractivity contribution in [1.82, 2.24) is 9.55 Å². The van der Waals surface area contributed by atoms with E-state index >= 15 is 0 Å². The van der Waals surface area contributed by atoms with Crippen LogP contribution in [0.2, 0.25) is 0 Å². The summed E-state index contributed by atoms with van der Waals surface area (Å²) in [5.74, 6) is 0.780. The maximum atomic E-state index is 9.56. The number of aliphatic hydroxyl groups excluding tert-OH is 1. The number of aliphatic hydroxyl groups is 1. The SMILES string of the molecule is C[C@H](O)c1cccc(OCc2cncn2C2CC2)c1. The Bertz CT molecular complexity index is 559. The van der Waals surface area contributed by atoms with Crippen molar-refractivity contribution in [3.63, 3.8) is 0 Å². The summed E-state index contributed by atoms with van der Waals surface area (Å²) in [5, 5.41) is 9.56. The van der Waals surface area contributed by atoms with Gasteiger partial charge in [0.25, 0.3) is 0 Å². The highest BCUT2D eigenvalue weighted by Gasteiger charge is 2.25. The molecule has 1 aliphatic carbocycles. The van der Waals surface area contributed by atoms with Crippen LogP contribution in [0.3, 0.4) is 0 Å². The molecule has 1 N–H and O–H groups in total. The highest BCUT2D eigenvalue weighted by molar-refractivity contribution is 5.29. The van der Waals surface area contributed by atoms with Gasteiger partial charge in [-0.2, -0.15) is 0 Å². The summed E-state index contributed by atoms with van der Waals surface area (Å²) in [5.41, 5.74) is 1.97. The molecule has 1 heterocycles. The quantitative estimate of drug-likeness (QED) is 0.897. The van der Waals surface area contributed by atoms with E-state index in [1.807, 2.05) is 36.8 Å². The molecule has 1 aromatic carbocycles. The van der Waals surface area contributed by atoms with Gasteiger partial charge in [0, 0.05) is 6.04 Å². The molecular formula is C15H18N2O2. The largest absolute Gasteiger partial charge is 0.487 e. The van der Waals surface area contributed by atoms with Crippen LogP contribution in [0.4, 0.5) is 0 Å². The van der Waals surface area contributed by atoms with Crippen molar-refractivity contribution in [3.05, 3.63) is 48.0 Å². The van der Waals surface area contributed by atoms with Crippen LogP contribution in [0.25, 0.3) is 0 Å². The molecule has 1 fully saturated rings. The number of rotatable bonds is 5. The predicted octanol–water partition coefficient (Wildman–Crippen LogP) is 2.85. The Labute approximate surface area is 112 Å². The van der Waals surface area contributed by atoms with Crippen molar-refractivity contribution < 1.29 is 9.84 Å². The van der Waals surface area contributed by atoms with E-state index in [1.54, 1.807) is 6.92 Å². The van der Waals surface area contributed by atoms with Crippen LogP contribution in [-0.4, -0.2) is 14.7 Å². The molecule has 100 valence electrons. The predicted molar refractivity (Wildman–Crippen MR) is 71.9 cm³/mol. The Morgan fingerprint density at radius 1 is 1.47 bits per heavy atom. The molecule has 3 rings (SSSR count). The highest BCUT2D eigenvalue weighted by Crippen LogP contribution is 2.35. The van der Waals surface area contributed by atoms with Crippen LogP contribution in [0.15, 0.2) is 36.8 Å². The van der Waals surface area contributed by atoms with Gasteiger partial charge in [0.15, 0.2) is 0 Å². The van der Waals surface area contributed by atoms with Gasteiger partial charge >= 0.3 is 0 Å². The van der Waals surface area contributed by atoms with Gasteiger partial charge < -0.3 is 14.4 Å². The lowest BCUT2D eigenvalue weighted by Crippen LogP contribution is -2.04. The number of ether oxygens (including phenoxy) is 1. The van der Waals surface area contributed by atoms with E-state index in [9.17, 15) is 5.11 Å². The third kappa shape index (κ3) is 2.79. The van der Waals surface area contributed by atoms with E-state index in [2.05, 4.69) is 9.55 Å². The molecule has 0 amide bonds. The standard InChI is InChI=1S/C15H18N2O2/c1-11(18)12-3-2-4-15(7-12)19-9-14-8-16-10-17(14)13-5-6-13/h2-4,7-8,10-11,13,18H,5-6,9H2,1H3/t11-/m0/s1. The topological polar surface area (TPSA) is 47.3 Å². The first-order valence-electron chi connectivity index (χ1n) is 6.65. The Balaban J connectivity index is 1.68. The van der Waals surface area contributed by atoms with E-state index < -0.39 is 6.10 Å². The van der Waals surface area contributed by atoms with E-state index in [4.69, 9.17) is 4.74 Å². The van der Waals surface area contributed by atoms with Crippen molar-refractivity contribution in [2.75, 3.05) is 0 Å². The summed E-state index contributed by atoms with van der Waals surface area (Å²) < 4.78 is 7.98. The summed E-state index contributed by atoms with van der Waals surface area (Å²) in [7, 11) is 0. The van der Waals surface area contributed by atoms with Gasteiger partial charge in [-0.3, -0.25) is 0 Å². The maximum absolute atomic E-state index is 9.56. The second kappa shape index (κ2) is 5.05. The second-order valence-corrected chi connectivity index (χ2v) is 5.06. The Hall–Kier alpha value is -1.81. The first-order chi connectivity index (χ1) is 9.24. The van der Waals surface area contributed by atoms with Gasteiger partial charge in [-0.1, -0.05) is 12.1 Å². The lowest BCUT2D eigenvalue weighted by Gasteiger charge is -2.11. The first kappa shape index (κ1) is 12.2. The third-order valence-corrected chi connectivity index (χ3v) is 3.41. The number of hydrogen-bond acceptors (Lipinski definition) is 3. The Morgan fingerprint density at radius 2 is 2.32 bits per heavy atom. The van der Waals surface area contributed by atoms with E-state index in [-0.39, 0.29) is 0 Å². The minimum absolute atomic E-state index is 0.472. The summed E-state index contributed by atoms with van der Waals surface area (Å²) in [4.78, 5) is 4.18. The number of hydrogen-bond donors (Lipinski definition) is 1. The Morgan fingerprint density at radius 3 is 3.05 bits per heavy atom. The van der Waals surface area contributed by atoms with Crippen LogP contribution >= 0.6 is 0 Å². The molecule has 0 saturated heterocycles. The van der Waals surface area contributed by atoms with Crippen molar-refractivity contribution in [2.24, 2.45) is 0 Å². The molecule has 1 aliphatic rings. The summed E-state index contributed by atoms with van der Waals surface area (Å²) in [6.45, 7) is 2.26. The molecule has 0 radical (unpaired) electrons. The zero-order chi connectivity index (χ0) is 13.2. The molecule has 0 aliphatic heterocycles. The van der Waals surface area contributed by atoms with Gasteiger partial charge in [0.2, 0.25) is 0 Å². The van der Waals surface area contributed by atoms with Crippen molar-refractivity contribution in [3.8, 4) is 5.75 Å². The molecule has 4 heteroatoms. The molecule has 1 saturated carbocycles. The highest BCUT2D eigenvalue weighted by atomic mass is 16.5. The van der Waals surface area contributed by atoms with Crippen LogP contribution in [0.1, 0.15) is 43.2 Å². The van der Waals surface area contributed by atoms with Gasteiger partial charge in [0.05, 0.1) is 24.3 Å². The van der Waals surface area contributed by atoms with Gasteiger partial charge in [0.1, 0.15) is 12.4 Å². The fourth-order valence-corrected chi connectivity index (χ4v) is 2.15. The lowest BCUT2D eigenvalue weighted by molar-refractivity contribution is 0.198. The first-order valence-corrected chi connectivity index (χ1v) is 6.65. The fraction of sp³-hybridized carbons (Fsp3) is 0.400. The molecular weight excluding hydrogens is 240 g/mol. The van der Waals surface area contributed by atoms with Gasteiger partial charge in [-0.15, -0.1) is 0 Å². The number of aromatic nitrogens is 2. The van der Waals surface area contributed by atoms with Crippen molar-refractivity contribution >= 4 is 0 Å². The molecule has 0 unspecified atom stereocenters.